The van der Waals surface area contributed by atoms with Crippen LogP contribution in [0.15, 0.2) is 90.6 Å². The summed E-state index contributed by atoms with van der Waals surface area (Å²) in [6, 6.07) is 18.1. The van der Waals surface area contributed by atoms with Crippen LogP contribution in [0.1, 0.15) is 5.56 Å². The first-order valence-electron chi connectivity index (χ1n) is 8.99. The summed E-state index contributed by atoms with van der Waals surface area (Å²) in [7, 11) is 0. The molecule has 0 saturated heterocycles. The van der Waals surface area contributed by atoms with Gasteiger partial charge in [-0.3, -0.25) is 4.79 Å². The van der Waals surface area contributed by atoms with Gasteiger partial charge < -0.3 is 14.1 Å². The molecule has 0 aliphatic carbocycles. The van der Waals surface area contributed by atoms with Crippen molar-refractivity contribution >= 4 is 11.0 Å². The minimum absolute atomic E-state index is 0.142. The third-order valence-corrected chi connectivity index (χ3v) is 4.81. The smallest absolute Gasteiger partial charge is 0.260 e. The van der Waals surface area contributed by atoms with Crippen LogP contribution in [0.3, 0.4) is 0 Å². The second kappa shape index (κ2) is 6.66. The Morgan fingerprint density at radius 2 is 1.82 bits per heavy atom. The Balaban J connectivity index is 1.62. The van der Waals surface area contributed by atoms with Crippen molar-refractivity contribution < 1.29 is 0 Å². The van der Waals surface area contributed by atoms with E-state index in [4.69, 9.17) is 0 Å². The molecule has 3 heterocycles. The van der Waals surface area contributed by atoms with Crippen LogP contribution in [-0.2, 0) is 6.54 Å². The van der Waals surface area contributed by atoms with Gasteiger partial charge in [0.2, 0.25) is 0 Å². The van der Waals surface area contributed by atoms with Crippen LogP contribution in [0.4, 0.5) is 0 Å². The Morgan fingerprint density at radius 1 is 1.00 bits per heavy atom. The number of rotatable bonds is 4. The van der Waals surface area contributed by atoms with Gasteiger partial charge in [-0.2, -0.15) is 0 Å². The molecule has 0 spiro atoms. The molecule has 0 atom stereocenters. The fraction of sp³-hybridized carbons (Fsp3) is 0.0455. The lowest BCUT2D eigenvalue weighted by Gasteiger charge is -2.04. The predicted octanol–water partition coefficient (Wildman–Crippen LogP) is 3.63. The van der Waals surface area contributed by atoms with E-state index in [1.165, 1.54) is 11.9 Å². The van der Waals surface area contributed by atoms with E-state index in [2.05, 4.69) is 27.1 Å². The number of fused-ring (bicyclic) bond motifs is 1. The molecule has 0 amide bonds. The second-order valence-corrected chi connectivity index (χ2v) is 6.61. The van der Waals surface area contributed by atoms with Gasteiger partial charge in [0.25, 0.3) is 5.56 Å². The average molecular weight is 367 g/mol. The Hall–Kier alpha value is -3.93. The highest BCUT2D eigenvalue weighted by Crippen LogP contribution is 2.29. The molecule has 3 aromatic heterocycles. The first-order chi connectivity index (χ1) is 13.8. The number of nitrogens with zero attached hydrogens (tertiary/aromatic N) is 4. The van der Waals surface area contributed by atoms with Gasteiger partial charge in [0, 0.05) is 36.4 Å². The molecule has 28 heavy (non-hydrogen) atoms. The number of hydrogen-bond acceptors (Lipinski definition) is 3. The normalized spacial score (nSPS) is 11.1. The van der Waals surface area contributed by atoms with E-state index < -0.39 is 0 Å². The van der Waals surface area contributed by atoms with Crippen LogP contribution in [0.25, 0.3) is 27.8 Å². The number of hydrogen-bond donors (Lipinski definition) is 1. The van der Waals surface area contributed by atoms with Crippen molar-refractivity contribution in [2.45, 2.75) is 6.54 Å². The summed E-state index contributed by atoms with van der Waals surface area (Å²) in [5.41, 5.74) is 4.48. The second-order valence-electron chi connectivity index (χ2n) is 6.61. The summed E-state index contributed by atoms with van der Waals surface area (Å²) >= 11 is 0. The Labute approximate surface area is 160 Å². The predicted molar refractivity (Wildman–Crippen MR) is 108 cm³/mol. The van der Waals surface area contributed by atoms with Crippen molar-refractivity contribution in [2.75, 3.05) is 0 Å². The fourth-order valence-corrected chi connectivity index (χ4v) is 3.46. The molecule has 0 radical (unpaired) electrons. The van der Waals surface area contributed by atoms with Crippen molar-refractivity contribution in [1.82, 2.24) is 24.1 Å². The fourth-order valence-electron chi connectivity index (χ4n) is 3.46. The van der Waals surface area contributed by atoms with Crippen LogP contribution >= 0.6 is 0 Å². The van der Waals surface area contributed by atoms with Crippen molar-refractivity contribution in [3.05, 3.63) is 102 Å². The third-order valence-electron chi connectivity index (χ3n) is 4.81. The van der Waals surface area contributed by atoms with E-state index in [-0.39, 0.29) is 5.56 Å². The number of imidazole rings is 1. The molecule has 6 nitrogen and oxygen atoms in total. The molecule has 0 saturated carbocycles. The third kappa shape index (κ3) is 2.81. The highest BCUT2D eigenvalue weighted by atomic mass is 16.1. The van der Waals surface area contributed by atoms with Crippen LogP contribution in [0, 0.1) is 0 Å². The van der Waals surface area contributed by atoms with Gasteiger partial charge in [-0.15, -0.1) is 0 Å². The van der Waals surface area contributed by atoms with Gasteiger partial charge in [0.15, 0.2) is 5.65 Å². The minimum atomic E-state index is -0.142. The molecule has 2 aromatic carbocycles. The lowest BCUT2D eigenvalue weighted by molar-refractivity contribution is 0.797. The minimum Gasteiger partial charge on any atom is -0.333 e. The largest absolute Gasteiger partial charge is 0.333 e. The van der Waals surface area contributed by atoms with Crippen molar-refractivity contribution in [2.24, 2.45) is 0 Å². The van der Waals surface area contributed by atoms with Crippen molar-refractivity contribution in [3.8, 4) is 16.8 Å². The van der Waals surface area contributed by atoms with Crippen LogP contribution in [0.5, 0.6) is 0 Å². The molecular formula is C22H17N5O. The summed E-state index contributed by atoms with van der Waals surface area (Å²) in [6.45, 7) is 0.758. The molecular weight excluding hydrogens is 350 g/mol. The van der Waals surface area contributed by atoms with E-state index in [1.807, 2.05) is 64.0 Å². The quantitative estimate of drug-likeness (QED) is 0.527. The molecule has 0 fully saturated rings. The SMILES string of the molecule is O=c1[nH]cnc2c1c(-c1ccc(Cn3ccnc3)cc1)cn2-c1ccccc1. The summed E-state index contributed by atoms with van der Waals surface area (Å²) in [5, 5.41) is 0.591. The zero-order chi connectivity index (χ0) is 18.9. The number of H-pyrrole nitrogens is 1. The standard InChI is InChI=1S/C22H17N5O/c28-22-20-19(17-8-6-16(7-9-17)12-26-11-10-23-15-26)13-27(21(20)24-14-25-22)18-4-2-1-3-5-18/h1-11,13-15H,12H2,(H,24,25,28). The first kappa shape index (κ1) is 16.3. The number of nitrogens with one attached hydrogen (secondary N) is 1. The highest BCUT2D eigenvalue weighted by Gasteiger charge is 2.15. The van der Waals surface area contributed by atoms with E-state index in [9.17, 15) is 4.79 Å². The maximum atomic E-state index is 12.6. The van der Waals surface area contributed by atoms with Gasteiger partial charge >= 0.3 is 0 Å². The Morgan fingerprint density at radius 3 is 2.57 bits per heavy atom. The topological polar surface area (TPSA) is 68.5 Å². The number of aromatic nitrogens is 5. The van der Waals surface area contributed by atoms with E-state index in [0.717, 1.165) is 23.4 Å². The molecule has 0 aliphatic heterocycles. The summed E-state index contributed by atoms with van der Waals surface area (Å²) < 4.78 is 3.98. The summed E-state index contributed by atoms with van der Waals surface area (Å²) in [5.74, 6) is 0. The number of aromatic amines is 1. The lowest BCUT2D eigenvalue weighted by Crippen LogP contribution is -2.07. The van der Waals surface area contributed by atoms with Crippen LogP contribution < -0.4 is 5.56 Å². The zero-order valence-corrected chi connectivity index (χ0v) is 15.0. The van der Waals surface area contributed by atoms with Crippen molar-refractivity contribution in [1.29, 1.82) is 0 Å². The van der Waals surface area contributed by atoms with Gasteiger partial charge in [0.05, 0.1) is 18.0 Å². The van der Waals surface area contributed by atoms with E-state index in [0.29, 0.717) is 11.0 Å². The monoisotopic (exact) mass is 367 g/mol. The number of para-hydroxylation sites is 1. The molecule has 5 aromatic rings. The summed E-state index contributed by atoms with van der Waals surface area (Å²) in [6.07, 6.45) is 8.93. The summed E-state index contributed by atoms with van der Waals surface area (Å²) in [4.78, 5) is 23.8. The van der Waals surface area contributed by atoms with Gasteiger partial charge in [-0.05, 0) is 23.3 Å². The molecule has 5 rings (SSSR count). The van der Waals surface area contributed by atoms with Crippen LogP contribution in [0.2, 0.25) is 0 Å². The maximum Gasteiger partial charge on any atom is 0.260 e. The Bertz CT molecular complexity index is 1280. The van der Waals surface area contributed by atoms with Gasteiger partial charge in [0.1, 0.15) is 0 Å². The van der Waals surface area contributed by atoms with Crippen molar-refractivity contribution in [3.63, 3.8) is 0 Å². The van der Waals surface area contributed by atoms with Gasteiger partial charge in [-0.25, -0.2) is 9.97 Å². The molecule has 0 bridgehead atoms. The molecule has 0 unspecified atom stereocenters. The molecule has 136 valence electrons. The van der Waals surface area contributed by atoms with Gasteiger partial charge in [-0.1, -0.05) is 42.5 Å². The van der Waals surface area contributed by atoms with E-state index >= 15 is 0 Å². The molecule has 0 aliphatic rings. The molecule has 1 N–H and O–H groups in total. The van der Waals surface area contributed by atoms with E-state index in [1.54, 1.807) is 12.5 Å². The lowest BCUT2D eigenvalue weighted by atomic mass is 10.0. The molecule has 6 heteroatoms. The first-order valence-corrected chi connectivity index (χ1v) is 8.99. The Kier molecular flexibility index (Phi) is 3.87. The van der Waals surface area contributed by atoms with Crippen LogP contribution in [-0.4, -0.2) is 24.1 Å². The average Bonchev–Trinajstić information content (AvgIpc) is 3.38. The highest BCUT2D eigenvalue weighted by molar-refractivity contribution is 5.94. The maximum absolute atomic E-state index is 12.6. The number of benzene rings is 2. The zero-order valence-electron chi connectivity index (χ0n) is 15.0.